The average molecular weight is 583 g/mol. The van der Waals surface area contributed by atoms with E-state index in [1.165, 1.54) is 19.2 Å². The van der Waals surface area contributed by atoms with E-state index in [0.717, 1.165) is 27.8 Å². The van der Waals surface area contributed by atoms with Gasteiger partial charge in [-0.15, -0.1) is 0 Å². The molecule has 0 fully saturated rings. The number of Topliss-reactive ketones (excluding diaryl/α,β-unsaturated/α-hetero) is 1. The molecule has 4 aromatic rings. The number of halogens is 1. The molecular formula is C36H35FO6. The van der Waals surface area contributed by atoms with Crippen LogP contribution in [0.2, 0.25) is 0 Å². The second kappa shape index (κ2) is 13.7. The van der Waals surface area contributed by atoms with Crippen LogP contribution in [0.1, 0.15) is 59.8 Å². The lowest BCUT2D eigenvalue weighted by atomic mass is 9.96. The van der Waals surface area contributed by atoms with Gasteiger partial charge >= 0.3 is 5.97 Å². The molecule has 4 aromatic carbocycles. The zero-order valence-electron chi connectivity index (χ0n) is 24.5. The third-order valence-electron chi connectivity index (χ3n) is 7.68. The number of benzene rings is 4. The first-order valence-corrected chi connectivity index (χ1v) is 14.5. The number of ether oxygens (including phenoxy) is 4. The number of carbonyl (C=O) groups is 2. The number of esters is 1. The molecule has 0 spiro atoms. The lowest BCUT2D eigenvalue weighted by molar-refractivity contribution is -0.150. The molecule has 0 aliphatic heterocycles. The van der Waals surface area contributed by atoms with Crippen molar-refractivity contribution in [1.82, 2.24) is 0 Å². The molecule has 0 radical (unpaired) electrons. The van der Waals surface area contributed by atoms with Crippen LogP contribution in [0.5, 0.6) is 11.5 Å². The maximum Gasteiger partial charge on any atom is 0.306 e. The second-order valence-corrected chi connectivity index (χ2v) is 10.4. The summed E-state index contributed by atoms with van der Waals surface area (Å²) >= 11 is 0. The average Bonchev–Trinajstić information content (AvgIpc) is 3.29. The van der Waals surface area contributed by atoms with Gasteiger partial charge in [0.2, 0.25) is 0 Å². The molecule has 3 atom stereocenters. The fourth-order valence-electron chi connectivity index (χ4n) is 5.47. The van der Waals surface area contributed by atoms with Crippen molar-refractivity contribution in [3.63, 3.8) is 0 Å². The number of methoxy groups -OCH3 is 1. The predicted octanol–water partition coefficient (Wildman–Crippen LogP) is 7.88. The Kier molecular flexibility index (Phi) is 9.52. The van der Waals surface area contributed by atoms with E-state index in [9.17, 15) is 14.0 Å². The first kappa shape index (κ1) is 30.0. The van der Waals surface area contributed by atoms with Crippen molar-refractivity contribution in [2.75, 3.05) is 7.11 Å². The minimum Gasteiger partial charge on any atom is -0.489 e. The quantitative estimate of drug-likeness (QED) is 0.125. The van der Waals surface area contributed by atoms with E-state index in [0.29, 0.717) is 36.5 Å². The molecule has 0 saturated carbocycles. The minimum absolute atomic E-state index is 0.0944. The highest BCUT2D eigenvalue weighted by molar-refractivity contribution is 6.04. The summed E-state index contributed by atoms with van der Waals surface area (Å²) in [5, 5.41) is 0. The van der Waals surface area contributed by atoms with E-state index in [-0.39, 0.29) is 18.0 Å². The van der Waals surface area contributed by atoms with Crippen molar-refractivity contribution < 1.29 is 32.9 Å². The van der Waals surface area contributed by atoms with Crippen LogP contribution in [0, 0.1) is 11.7 Å². The molecule has 0 amide bonds. The first-order chi connectivity index (χ1) is 20.9. The third kappa shape index (κ3) is 6.78. The van der Waals surface area contributed by atoms with Crippen molar-refractivity contribution in [3.8, 4) is 22.6 Å². The summed E-state index contributed by atoms with van der Waals surface area (Å²) in [4.78, 5) is 25.5. The summed E-state index contributed by atoms with van der Waals surface area (Å²) in [5.74, 6) is -0.499. The maximum absolute atomic E-state index is 13.8. The standard InChI is InChI=1S/C36H35FO6/c1-4-27-30(24-15-17-25(37)18-16-24)19-26(41-22-23-11-7-6-8-12-23)20-32(27)42-34(5-2)43-36-29-14-10-9-13-28(29)35(39)31(36)21-33(38)40-3/h6-20,31,34,36H,4-5,21-22H2,1-3H3. The van der Waals surface area contributed by atoms with Gasteiger partial charge in [-0.1, -0.05) is 80.6 Å². The van der Waals surface area contributed by atoms with Crippen molar-refractivity contribution in [2.45, 2.75) is 52.1 Å². The van der Waals surface area contributed by atoms with Crippen LogP contribution < -0.4 is 9.47 Å². The normalized spacial score (nSPS) is 16.4. The Morgan fingerprint density at radius 2 is 1.63 bits per heavy atom. The van der Waals surface area contributed by atoms with Gasteiger partial charge in [0, 0.05) is 23.6 Å². The van der Waals surface area contributed by atoms with Crippen molar-refractivity contribution in [2.24, 2.45) is 5.92 Å². The molecule has 0 bridgehead atoms. The van der Waals surface area contributed by atoms with Crippen LogP contribution in [0.25, 0.3) is 11.1 Å². The lowest BCUT2D eigenvalue weighted by Crippen LogP contribution is -2.28. The SMILES string of the molecule is CCc1c(OC(CC)OC2c3ccccc3C(=O)C2CC(=O)OC)cc(OCc2ccccc2)cc1-c1ccc(F)cc1. The molecule has 43 heavy (non-hydrogen) atoms. The summed E-state index contributed by atoms with van der Waals surface area (Å²) in [7, 11) is 1.31. The molecule has 0 saturated heterocycles. The smallest absolute Gasteiger partial charge is 0.306 e. The van der Waals surface area contributed by atoms with Crippen molar-refractivity contribution in [1.29, 1.82) is 0 Å². The van der Waals surface area contributed by atoms with Gasteiger partial charge in [0.15, 0.2) is 12.1 Å². The van der Waals surface area contributed by atoms with Gasteiger partial charge in [-0.25, -0.2) is 4.39 Å². The zero-order chi connectivity index (χ0) is 30.3. The largest absolute Gasteiger partial charge is 0.489 e. The highest BCUT2D eigenvalue weighted by Crippen LogP contribution is 2.43. The molecule has 0 aromatic heterocycles. The van der Waals surface area contributed by atoms with E-state index in [2.05, 4.69) is 0 Å². The minimum atomic E-state index is -0.736. The van der Waals surface area contributed by atoms with Crippen molar-refractivity contribution in [3.05, 3.63) is 119 Å². The van der Waals surface area contributed by atoms with Crippen LogP contribution in [0.4, 0.5) is 4.39 Å². The van der Waals surface area contributed by atoms with Gasteiger partial charge in [-0.05, 0) is 46.9 Å². The topological polar surface area (TPSA) is 71.1 Å². The Hall–Kier alpha value is -4.49. The Morgan fingerprint density at radius 3 is 2.33 bits per heavy atom. The molecular weight excluding hydrogens is 547 g/mol. The van der Waals surface area contributed by atoms with Gasteiger partial charge in [-0.3, -0.25) is 9.59 Å². The Labute approximate surface area is 251 Å². The van der Waals surface area contributed by atoms with E-state index < -0.39 is 24.3 Å². The molecule has 1 aliphatic carbocycles. The molecule has 0 N–H and O–H groups in total. The van der Waals surface area contributed by atoms with Gasteiger partial charge in [-0.2, -0.15) is 0 Å². The summed E-state index contributed by atoms with van der Waals surface area (Å²) in [6, 6.07) is 27.2. The highest BCUT2D eigenvalue weighted by Gasteiger charge is 2.43. The molecule has 7 heteroatoms. The maximum atomic E-state index is 13.8. The van der Waals surface area contributed by atoms with Gasteiger partial charge in [0.05, 0.1) is 25.6 Å². The summed E-state index contributed by atoms with van der Waals surface area (Å²) < 4.78 is 38.0. The zero-order valence-corrected chi connectivity index (χ0v) is 24.5. The fraction of sp³-hybridized carbons (Fsp3) is 0.278. The first-order valence-electron chi connectivity index (χ1n) is 14.5. The lowest BCUT2D eigenvalue weighted by Gasteiger charge is -2.27. The van der Waals surface area contributed by atoms with Gasteiger partial charge in [0.25, 0.3) is 0 Å². The van der Waals surface area contributed by atoms with Gasteiger partial charge in [0.1, 0.15) is 23.9 Å². The molecule has 6 nitrogen and oxygen atoms in total. The van der Waals surface area contributed by atoms with Crippen LogP contribution in [-0.4, -0.2) is 25.2 Å². The fourth-order valence-corrected chi connectivity index (χ4v) is 5.47. The summed E-state index contributed by atoms with van der Waals surface area (Å²) in [5.41, 5.74) is 4.89. The Morgan fingerprint density at radius 1 is 0.907 bits per heavy atom. The van der Waals surface area contributed by atoms with Crippen molar-refractivity contribution >= 4 is 11.8 Å². The molecule has 3 unspecified atom stereocenters. The van der Waals surface area contributed by atoms with Crippen LogP contribution in [-0.2, 0) is 27.3 Å². The highest BCUT2D eigenvalue weighted by atomic mass is 19.1. The molecule has 1 aliphatic rings. The van der Waals surface area contributed by atoms with Crippen LogP contribution in [0.3, 0.4) is 0 Å². The second-order valence-electron chi connectivity index (χ2n) is 10.4. The van der Waals surface area contributed by atoms with E-state index in [1.807, 2.05) is 68.4 Å². The third-order valence-corrected chi connectivity index (χ3v) is 7.68. The number of hydrogen-bond acceptors (Lipinski definition) is 6. The number of fused-ring (bicyclic) bond motifs is 1. The monoisotopic (exact) mass is 582 g/mol. The summed E-state index contributed by atoms with van der Waals surface area (Å²) in [6.45, 7) is 4.32. The van der Waals surface area contributed by atoms with E-state index in [4.69, 9.17) is 18.9 Å². The van der Waals surface area contributed by atoms with Crippen LogP contribution in [0.15, 0.2) is 91.0 Å². The van der Waals surface area contributed by atoms with Crippen LogP contribution >= 0.6 is 0 Å². The number of ketones is 1. The number of rotatable bonds is 12. The Balaban J connectivity index is 1.48. The predicted molar refractivity (Wildman–Crippen MR) is 161 cm³/mol. The molecule has 0 heterocycles. The number of hydrogen-bond donors (Lipinski definition) is 0. The van der Waals surface area contributed by atoms with E-state index >= 15 is 0 Å². The summed E-state index contributed by atoms with van der Waals surface area (Å²) in [6.07, 6.45) is -0.399. The van der Waals surface area contributed by atoms with E-state index in [1.54, 1.807) is 24.3 Å². The Bertz CT molecular complexity index is 1570. The molecule has 222 valence electrons. The number of carbonyl (C=O) groups excluding carboxylic acids is 2. The van der Waals surface area contributed by atoms with Gasteiger partial charge < -0.3 is 18.9 Å². The molecule has 5 rings (SSSR count).